The molecular weight excluding hydrogens is 271 g/mol. The van der Waals surface area contributed by atoms with E-state index in [1.54, 1.807) is 6.07 Å². The van der Waals surface area contributed by atoms with E-state index in [9.17, 15) is 4.39 Å². The summed E-state index contributed by atoms with van der Waals surface area (Å²) in [6, 6.07) is 2.91. The molecule has 0 aliphatic carbocycles. The fourth-order valence-electron chi connectivity index (χ4n) is 1.84. The van der Waals surface area contributed by atoms with Crippen LogP contribution in [0.5, 0.6) is 5.75 Å². The van der Waals surface area contributed by atoms with Crippen molar-refractivity contribution in [1.82, 2.24) is 0 Å². The monoisotopic (exact) mass is 298 g/mol. The first-order valence-corrected chi connectivity index (χ1v) is 7.51. The van der Waals surface area contributed by atoms with Crippen molar-refractivity contribution >= 4 is 11.4 Å². The van der Waals surface area contributed by atoms with E-state index in [4.69, 9.17) is 15.2 Å². The highest BCUT2D eigenvalue weighted by Gasteiger charge is 2.10. The van der Waals surface area contributed by atoms with E-state index in [1.807, 2.05) is 27.7 Å². The standard InChI is InChI=1S/C16H27FN2O2/c1-11(2)20-8-6-5-7-19-15-10-16(21-12(3)4)13(17)9-14(15)18/h9-12,19H,5-8,18H2,1-4H3. The Morgan fingerprint density at radius 2 is 1.86 bits per heavy atom. The molecule has 0 fully saturated rings. The zero-order valence-electron chi connectivity index (χ0n) is 13.4. The van der Waals surface area contributed by atoms with Gasteiger partial charge in [0.25, 0.3) is 0 Å². The van der Waals surface area contributed by atoms with Gasteiger partial charge in [-0.25, -0.2) is 4.39 Å². The van der Waals surface area contributed by atoms with Crippen LogP contribution in [0.25, 0.3) is 0 Å². The Morgan fingerprint density at radius 1 is 1.14 bits per heavy atom. The van der Waals surface area contributed by atoms with Crippen molar-refractivity contribution in [2.24, 2.45) is 0 Å². The molecule has 4 nitrogen and oxygen atoms in total. The van der Waals surface area contributed by atoms with E-state index in [-0.39, 0.29) is 18.0 Å². The van der Waals surface area contributed by atoms with Gasteiger partial charge in [0, 0.05) is 25.3 Å². The number of nitrogens with one attached hydrogen (secondary N) is 1. The van der Waals surface area contributed by atoms with Crippen LogP contribution in [0, 0.1) is 5.82 Å². The molecule has 0 aliphatic heterocycles. The molecular formula is C16H27FN2O2. The molecule has 3 N–H and O–H groups in total. The van der Waals surface area contributed by atoms with E-state index in [1.165, 1.54) is 6.07 Å². The van der Waals surface area contributed by atoms with Crippen LogP contribution in [-0.2, 0) is 4.74 Å². The molecule has 1 rings (SSSR count). The normalized spacial score (nSPS) is 11.2. The zero-order valence-corrected chi connectivity index (χ0v) is 13.4. The third-order valence-corrected chi connectivity index (χ3v) is 2.80. The van der Waals surface area contributed by atoms with E-state index < -0.39 is 5.82 Å². The van der Waals surface area contributed by atoms with E-state index in [0.717, 1.165) is 26.0 Å². The number of nitrogen functional groups attached to an aromatic ring is 1. The number of benzene rings is 1. The van der Waals surface area contributed by atoms with Gasteiger partial charge in [-0.15, -0.1) is 0 Å². The van der Waals surface area contributed by atoms with Crippen LogP contribution in [0.2, 0.25) is 0 Å². The Hall–Kier alpha value is -1.49. The summed E-state index contributed by atoms with van der Waals surface area (Å²) < 4.78 is 24.6. The molecule has 0 radical (unpaired) electrons. The fraction of sp³-hybridized carbons (Fsp3) is 0.625. The minimum absolute atomic E-state index is 0.0795. The molecule has 1 aromatic carbocycles. The first-order chi connectivity index (χ1) is 9.90. The summed E-state index contributed by atoms with van der Waals surface area (Å²) in [7, 11) is 0. The van der Waals surface area contributed by atoms with Crippen molar-refractivity contribution in [3.8, 4) is 5.75 Å². The number of halogens is 1. The van der Waals surface area contributed by atoms with E-state index in [0.29, 0.717) is 11.4 Å². The highest BCUT2D eigenvalue weighted by Crippen LogP contribution is 2.28. The number of unbranched alkanes of at least 4 members (excludes halogenated alkanes) is 1. The highest BCUT2D eigenvalue weighted by molar-refractivity contribution is 5.68. The molecule has 0 aromatic heterocycles. The van der Waals surface area contributed by atoms with E-state index >= 15 is 0 Å². The molecule has 0 heterocycles. The number of nitrogens with two attached hydrogens (primary N) is 1. The molecule has 0 amide bonds. The van der Waals surface area contributed by atoms with Crippen LogP contribution in [0.1, 0.15) is 40.5 Å². The first kappa shape index (κ1) is 17.6. The van der Waals surface area contributed by atoms with Crippen molar-refractivity contribution in [3.05, 3.63) is 17.9 Å². The topological polar surface area (TPSA) is 56.5 Å². The van der Waals surface area contributed by atoms with Crippen molar-refractivity contribution in [2.45, 2.75) is 52.7 Å². The van der Waals surface area contributed by atoms with Gasteiger partial charge < -0.3 is 20.5 Å². The number of anilines is 2. The van der Waals surface area contributed by atoms with Crippen molar-refractivity contribution < 1.29 is 13.9 Å². The van der Waals surface area contributed by atoms with Crippen LogP contribution in [0.3, 0.4) is 0 Å². The van der Waals surface area contributed by atoms with Crippen molar-refractivity contribution in [3.63, 3.8) is 0 Å². The van der Waals surface area contributed by atoms with Gasteiger partial charge in [-0.3, -0.25) is 0 Å². The Labute approximate surface area is 126 Å². The van der Waals surface area contributed by atoms with Crippen LogP contribution in [0.15, 0.2) is 12.1 Å². The highest BCUT2D eigenvalue weighted by atomic mass is 19.1. The van der Waals surface area contributed by atoms with Crippen LogP contribution in [-0.4, -0.2) is 25.4 Å². The van der Waals surface area contributed by atoms with Gasteiger partial charge in [0.2, 0.25) is 0 Å². The summed E-state index contributed by atoms with van der Waals surface area (Å²) in [5.74, 6) is -0.207. The van der Waals surface area contributed by atoms with E-state index in [2.05, 4.69) is 5.32 Å². The predicted molar refractivity (Wildman–Crippen MR) is 85.4 cm³/mol. The van der Waals surface area contributed by atoms with Gasteiger partial charge in [-0.2, -0.15) is 0 Å². The molecule has 5 heteroatoms. The zero-order chi connectivity index (χ0) is 15.8. The average Bonchev–Trinajstić information content (AvgIpc) is 2.37. The SMILES string of the molecule is CC(C)OCCCCNc1cc(OC(C)C)c(F)cc1N. The minimum atomic E-state index is -0.433. The molecule has 0 aliphatic rings. The fourth-order valence-corrected chi connectivity index (χ4v) is 1.84. The molecule has 0 saturated carbocycles. The summed E-state index contributed by atoms with van der Waals surface area (Å²) in [4.78, 5) is 0. The molecule has 0 atom stereocenters. The van der Waals surface area contributed by atoms with Gasteiger partial charge in [0.1, 0.15) is 0 Å². The average molecular weight is 298 g/mol. The van der Waals surface area contributed by atoms with Gasteiger partial charge in [-0.05, 0) is 40.5 Å². The second-order valence-corrected chi connectivity index (χ2v) is 5.59. The third-order valence-electron chi connectivity index (χ3n) is 2.80. The minimum Gasteiger partial charge on any atom is -0.488 e. The summed E-state index contributed by atoms with van der Waals surface area (Å²) in [6.45, 7) is 9.27. The Bertz CT molecular complexity index is 437. The van der Waals surface area contributed by atoms with Gasteiger partial charge >= 0.3 is 0 Å². The van der Waals surface area contributed by atoms with Crippen LogP contribution >= 0.6 is 0 Å². The predicted octanol–water partition coefficient (Wildman–Crippen LogP) is 3.81. The lowest BCUT2D eigenvalue weighted by Gasteiger charge is -2.15. The quantitative estimate of drug-likeness (QED) is 0.537. The Kier molecular flexibility index (Phi) is 7.29. The maximum absolute atomic E-state index is 13.7. The van der Waals surface area contributed by atoms with Crippen LogP contribution < -0.4 is 15.8 Å². The number of ether oxygens (including phenoxy) is 2. The molecule has 0 spiro atoms. The van der Waals surface area contributed by atoms with Gasteiger partial charge in [0.15, 0.2) is 11.6 Å². The molecule has 120 valence electrons. The lowest BCUT2D eigenvalue weighted by molar-refractivity contribution is 0.0765. The van der Waals surface area contributed by atoms with Crippen molar-refractivity contribution in [2.75, 3.05) is 24.2 Å². The molecule has 0 unspecified atom stereocenters. The lowest BCUT2D eigenvalue weighted by atomic mass is 10.2. The molecule has 0 saturated heterocycles. The summed E-state index contributed by atoms with van der Waals surface area (Å²) >= 11 is 0. The number of rotatable bonds is 9. The largest absolute Gasteiger partial charge is 0.488 e. The lowest BCUT2D eigenvalue weighted by Crippen LogP contribution is -2.10. The number of hydrogen-bond acceptors (Lipinski definition) is 4. The molecule has 21 heavy (non-hydrogen) atoms. The van der Waals surface area contributed by atoms with Crippen molar-refractivity contribution in [1.29, 1.82) is 0 Å². The maximum Gasteiger partial charge on any atom is 0.167 e. The maximum atomic E-state index is 13.7. The Morgan fingerprint density at radius 3 is 2.48 bits per heavy atom. The second kappa shape index (κ2) is 8.72. The molecule has 0 bridgehead atoms. The number of hydrogen-bond donors (Lipinski definition) is 2. The third kappa shape index (κ3) is 6.67. The summed E-state index contributed by atoms with van der Waals surface area (Å²) in [5.41, 5.74) is 6.92. The molecule has 1 aromatic rings. The van der Waals surface area contributed by atoms with Gasteiger partial charge in [-0.1, -0.05) is 0 Å². The van der Waals surface area contributed by atoms with Crippen LogP contribution in [0.4, 0.5) is 15.8 Å². The Balaban J connectivity index is 2.47. The van der Waals surface area contributed by atoms with Gasteiger partial charge in [0.05, 0.1) is 23.6 Å². The second-order valence-electron chi connectivity index (χ2n) is 5.59. The smallest absolute Gasteiger partial charge is 0.167 e. The summed E-state index contributed by atoms with van der Waals surface area (Å²) in [5, 5.41) is 3.21. The summed E-state index contributed by atoms with van der Waals surface area (Å²) in [6.07, 6.45) is 2.12. The first-order valence-electron chi connectivity index (χ1n) is 7.51.